The number of likely N-dealkylation sites (tertiary alicyclic amines) is 1. The van der Waals surface area contributed by atoms with Crippen LogP contribution in [0, 0.1) is 5.92 Å². The van der Waals surface area contributed by atoms with Crippen LogP contribution >= 0.6 is 15.9 Å². The van der Waals surface area contributed by atoms with E-state index in [2.05, 4.69) is 38.1 Å². The van der Waals surface area contributed by atoms with Gasteiger partial charge in [-0.2, -0.15) is 5.10 Å². The molecule has 1 aliphatic heterocycles. The van der Waals surface area contributed by atoms with E-state index in [1.165, 1.54) is 21.0 Å². The van der Waals surface area contributed by atoms with E-state index in [4.69, 9.17) is 4.74 Å². The van der Waals surface area contributed by atoms with Crippen LogP contribution in [0.1, 0.15) is 37.8 Å². The molecule has 35 heavy (non-hydrogen) atoms. The van der Waals surface area contributed by atoms with Crippen LogP contribution in [0.2, 0.25) is 0 Å². The minimum absolute atomic E-state index is 0.159. The Morgan fingerprint density at radius 1 is 1.06 bits per heavy atom. The van der Waals surface area contributed by atoms with Crippen molar-refractivity contribution in [3.05, 3.63) is 91.2 Å². The lowest BCUT2D eigenvalue weighted by Crippen LogP contribution is -2.43. The van der Waals surface area contributed by atoms with Gasteiger partial charge in [0.1, 0.15) is 11.9 Å². The monoisotopic (exact) mass is 540 g/mol. The maximum atomic E-state index is 12.9. The predicted molar refractivity (Wildman–Crippen MR) is 141 cm³/mol. The van der Waals surface area contributed by atoms with E-state index in [1.807, 2.05) is 50.2 Å². The fourth-order valence-electron chi connectivity index (χ4n) is 4.55. The fourth-order valence-corrected chi connectivity index (χ4v) is 4.96. The third-order valence-corrected chi connectivity index (χ3v) is 7.22. The van der Waals surface area contributed by atoms with Gasteiger partial charge in [0.15, 0.2) is 0 Å². The highest BCUT2D eigenvalue weighted by Gasteiger charge is 2.21. The average molecular weight is 541 g/mol. The second-order valence-electron chi connectivity index (χ2n) is 9.47. The standard InChI is InChI=1S/C27H33BrN4O3/c1-20(2)35-24-8-9-25(28)23(17-24)16-21-10-12-30(13-11-21)14-15-32-27(34)31(26(33)18-29-32)19-22-6-4-3-5-7-22/h3-9,17-18,20-21H,10-16,19H2,1-2H3. The van der Waals surface area contributed by atoms with Crippen molar-refractivity contribution in [1.29, 1.82) is 0 Å². The van der Waals surface area contributed by atoms with Gasteiger partial charge in [0.25, 0.3) is 5.56 Å². The van der Waals surface area contributed by atoms with Crippen molar-refractivity contribution in [2.24, 2.45) is 5.92 Å². The molecule has 7 nitrogen and oxygen atoms in total. The lowest BCUT2D eigenvalue weighted by atomic mass is 9.90. The third-order valence-electron chi connectivity index (χ3n) is 6.44. The van der Waals surface area contributed by atoms with Gasteiger partial charge in [-0.05, 0) is 81.4 Å². The van der Waals surface area contributed by atoms with E-state index in [-0.39, 0.29) is 23.9 Å². The van der Waals surface area contributed by atoms with Gasteiger partial charge in [0, 0.05) is 11.0 Å². The van der Waals surface area contributed by atoms with Crippen LogP contribution < -0.4 is 16.0 Å². The molecule has 1 fully saturated rings. The van der Waals surface area contributed by atoms with Crippen LogP contribution in [0.5, 0.6) is 5.75 Å². The number of benzene rings is 2. The minimum Gasteiger partial charge on any atom is -0.491 e. The Hall–Kier alpha value is -2.71. The summed E-state index contributed by atoms with van der Waals surface area (Å²) in [5.41, 5.74) is 1.48. The summed E-state index contributed by atoms with van der Waals surface area (Å²) < 4.78 is 9.66. The van der Waals surface area contributed by atoms with E-state index in [1.54, 1.807) is 0 Å². The normalized spacial score (nSPS) is 15.0. The number of halogens is 1. The van der Waals surface area contributed by atoms with Crippen LogP contribution in [0.4, 0.5) is 0 Å². The summed E-state index contributed by atoms with van der Waals surface area (Å²) in [5, 5.41) is 4.10. The van der Waals surface area contributed by atoms with Crippen molar-refractivity contribution in [3.63, 3.8) is 0 Å². The molecule has 1 aliphatic rings. The first-order valence-electron chi connectivity index (χ1n) is 12.3. The zero-order valence-corrected chi connectivity index (χ0v) is 22.0. The van der Waals surface area contributed by atoms with Gasteiger partial charge in [-0.3, -0.25) is 9.36 Å². The molecule has 1 aromatic heterocycles. The van der Waals surface area contributed by atoms with E-state index in [0.29, 0.717) is 12.5 Å². The van der Waals surface area contributed by atoms with Gasteiger partial charge < -0.3 is 9.64 Å². The maximum absolute atomic E-state index is 12.9. The maximum Gasteiger partial charge on any atom is 0.347 e. The molecule has 4 rings (SSSR count). The number of ether oxygens (including phenoxy) is 1. The highest BCUT2D eigenvalue weighted by molar-refractivity contribution is 9.10. The number of nitrogens with zero attached hydrogens (tertiary/aromatic N) is 4. The molecular formula is C27H33BrN4O3. The summed E-state index contributed by atoms with van der Waals surface area (Å²) >= 11 is 3.69. The molecule has 0 radical (unpaired) electrons. The summed E-state index contributed by atoms with van der Waals surface area (Å²) in [4.78, 5) is 27.5. The first-order valence-corrected chi connectivity index (χ1v) is 13.1. The molecule has 0 atom stereocenters. The van der Waals surface area contributed by atoms with Crippen molar-refractivity contribution in [2.75, 3.05) is 19.6 Å². The molecule has 0 bridgehead atoms. The number of aromatic nitrogens is 3. The summed E-state index contributed by atoms with van der Waals surface area (Å²) in [5.74, 6) is 1.53. The molecule has 1 saturated heterocycles. The van der Waals surface area contributed by atoms with Crippen molar-refractivity contribution >= 4 is 15.9 Å². The quantitative estimate of drug-likeness (QED) is 0.411. The second-order valence-corrected chi connectivity index (χ2v) is 10.3. The Labute approximate surface area is 214 Å². The van der Waals surface area contributed by atoms with Crippen molar-refractivity contribution in [3.8, 4) is 5.75 Å². The van der Waals surface area contributed by atoms with Gasteiger partial charge in [0.05, 0.1) is 19.2 Å². The van der Waals surface area contributed by atoms with Crippen molar-refractivity contribution in [1.82, 2.24) is 19.2 Å². The SMILES string of the molecule is CC(C)Oc1ccc(Br)c(CC2CCN(CCn3ncc(=O)n(Cc4ccccc4)c3=O)CC2)c1. The largest absolute Gasteiger partial charge is 0.491 e. The average Bonchev–Trinajstić information content (AvgIpc) is 2.84. The van der Waals surface area contributed by atoms with Gasteiger partial charge in [0.2, 0.25) is 0 Å². The van der Waals surface area contributed by atoms with Crippen molar-refractivity contribution < 1.29 is 4.74 Å². The molecule has 0 N–H and O–H groups in total. The molecule has 0 aliphatic carbocycles. The van der Waals surface area contributed by atoms with Gasteiger partial charge in [-0.15, -0.1) is 0 Å². The number of hydrogen-bond donors (Lipinski definition) is 0. The molecule has 2 heterocycles. The molecular weight excluding hydrogens is 508 g/mol. The topological polar surface area (TPSA) is 69.4 Å². The highest BCUT2D eigenvalue weighted by atomic mass is 79.9. The van der Waals surface area contributed by atoms with E-state index in [9.17, 15) is 9.59 Å². The van der Waals surface area contributed by atoms with Crippen LogP contribution in [0.15, 0.2) is 68.8 Å². The van der Waals surface area contributed by atoms with Gasteiger partial charge in [-0.25, -0.2) is 9.48 Å². The van der Waals surface area contributed by atoms with Crippen LogP contribution in [-0.2, 0) is 19.5 Å². The lowest BCUT2D eigenvalue weighted by molar-refractivity contribution is 0.174. The lowest BCUT2D eigenvalue weighted by Gasteiger charge is -2.32. The van der Waals surface area contributed by atoms with Crippen LogP contribution in [-0.4, -0.2) is 45.0 Å². The smallest absolute Gasteiger partial charge is 0.347 e. The first-order chi connectivity index (χ1) is 16.9. The predicted octanol–water partition coefficient (Wildman–Crippen LogP) is 3.96. The Morgan fingerprint density at radius 2 is 1.80 bits per heavy atom. The molecule has 3 aromatic rings. The molecule has 0 amide bonds. The zero-order valence-electron chi connectivity index (χ0n) is 20.4. The molecule has 186 valence electrons. The fraction of sp³-hybridized carbons (Fsp3) is 0.444. The second kappa shape index (κ2) is 11.8. The van der Waals surface area contributed by atoms with E-state index < -0.39 is 0 Å². The highest BCUT2D eigenvalue weighted by Crippen LogP contribution is 2.29. The molecule has 0 saturated carbocycles. The van der Waals surface area contributed by atoms with E-state index in [0.717, 1.165) is 54.7 Å². The summed E-state index contributed by atoms with van der Waals surface area (Å²) in [6.45, 7) is 7.53. The number of hydrogen-bond acceptors (Lipinski definition) is 5. The molecule has 2 aromatic carbocycles. The summed E-state index contributed by atoms with van der Waals surface area (Å²) in [7, 11) is 0. The Balaban J connectivity index is 1.31. The van der Waals surface area contributed by atoms with Crippen LogP contribution in [0.3, 0.4) is 0 Å². The number of rotatable bonds is 9. The minimum atomic E-state index is -0.370. The molecule has 8 heteroatoms. The van der Waals surface area contributed by atoms with Gasteiger partial charge in [-0.1, -0.05) is 46.3 Å². The Bertz CT molecular complexity index is 1230. The van der Waals surface area contributed by atoms with Crippen LogP contribution in [0.25, 0.3) is 0 Å². The Kier molecular flexibility index (Phi) is 8.57. The Morgan fingerprint density at radius 3 is 2.51 bits per heavy atom. The number of piperidine rings is 1. The zero-order chi connectivity index (χ0) is 24.8. The summed E-state index contributed by atoms with van der Waals surface area (Å²) in [6, 6.07) is 15.8. The first kappa shape index (κ1) is 25.4. The molecule has 0 spiro atoms. The molecule has 0 unspecified atom stereocenters. The van der Waals surface area contributed by atoms with Gasteiger partial charge >= 0.3 is 5.69 Å². The van der Waals surface area contributed by atoms with Crippen molar-refractivity contribution in [2.45, 2.75) is 52.3 Å². The summed E-state index contributed by atoms with van der Waals surface area (Å²) in [6.07, 6.45) is 4.64. The van der Waals surface area contributed by atoms with E-state index >= 15 is 0 Å². The third kappa shape index (κ3) is 6.92.